The van der Waals surface area contributed by atoms with Gasteiger partial charge in [0.2, 0.25) is 0 Å². The molecular formula is C17H26N2O5. The molecule has 1 unspecified atom stereocenters. The molecule has 1 atom stereocenters. The average Bonchev–Trinajstić information content (AvgIpc) is 2.70. The molecule has 0 aliphatic rings. The van der Waals surface area contributed by atoms with Crippen molar-refractivity contribution in [3.63, 3.8) is 0 Å². The number of methoxy groups -OCH3 is 1. The van der Waals surface area contributed by atoms with Crippen molar-refractivity contribution in [3.05, 3.63) is 22.5 Å². The molecule has 7 heteroatoms. The first kappa shape index (κ1) is 19.7. The first-order valence-electron chi connectivity index (χ1n) is 7.61. The number of aldehydes is 1. The van der Waals surface area contributed by atoms with E-state index in [0.717, 1.165) is 0 Å². The summed E-state index contributed by atoms with van der Waals surface area (Å²) in [5.74, 6) is -0.546. The molecule has 24 heavy (non-hydrogen) atoms. The molecule has 134 valence electrons. The zero-order chi connectivity index (χ0) is 18.8. The molecule has 0 N–H and O–H groups in total. The second-order valence-corrected chi connectivity index (χ2v) is 6.68. The molecule has 0 saturated carbocycles. The van der Waals surface area contributed by atoms with Gasteiger partial charge in [-0.05, 0) is 34.6 Å². The van der Waals surface area contributed by atoms with E-state index in [-0.39, 0.29) is 0 Å². The van der Waals surface area contributed by atoms with Gasteiger partial charge >= 0.3 is 12.1 Å². The Morgan fingerprint density at radius 1 is 1.21 bits per heavy atom. The number of carbonyl (C=O) groups is 3. The minimum atomic E-state index is -0.950. The Morgan fingerprint density at radius 3 is 2.17 bits per heavy atom. The number of aromatic nitrogens is 1. The number of carbonyl (C=O) groups excluding carboxylic acids is 3. The minimum absolute atomic E-state index is 0.296. The second-order valence-electron chi connectivity index (χ2n) is 6.68. The summed E-state index contributed by atoms with van der Waals surface area (Å²) in [7, 11) is 4.54. The highest BCUT2D eigenvalue weighted by Crippen LogP contribution is 2.31. The highest BCUT2D eigenvalue weighted by Gasteiger charge is 2.33. The van der Waals surface area contributed by atoms with Gasteiger partial charge in [0.05, 0.1) is 12.7 Å². The second kappa shape index (κ2) is 7.07. The summed E-state index contributed by atoms with van der Waals surface area (Å²) >= 11 is 0. The van der Waals surface area contributed by atoms with Gasteiger partial charge in [-0.1, -0.05) is 0 Å². The van der Waals surface area contributed by atoms with Crippen LogP contribution in [0.3, 0.4) is 0 Å². The summed E-state index contributed by atoms with van der Waals surface area (Å²) in [6.07, 6.45) is -0.0191. The Bertz CT molecular complexity index is 655. The fourth-order valence-corrected chi connectivity index (χ4v) is 2.50. The third-order valence-electron chi connectivity index (χ3n) is 3.94. The van der Waals surface area contributed by atoms with Crippen LogP contribution in [0.1, 0.15) is 54.1 Å². The van der Waals surface area contributed by atoms with Crippen molar-refractivity contribution in [3.8, 4) is 0 Å². The van der Waals surface area contributed by atoms with Gasteiger partial charge in [-0.25, -0.2) is 9.59 Å². The van der Waals surface area contributed by atoms with Gasteiger partial charge in [0.1, 0.15) is 17.9 Å². The predicted molar refractivity (Wildman–Crippen MR) is 89.0 cm³/mol. The van der Waals surface area contributed by atoms with Crippen molar-refractivity contribution in [1.29, 1.82) is 0 Å². The number of ether oxygens (including phenoxy) is 2. The maximum atomic E-state index is 12.3. The summed E-state index contributed by atoms with van der Waals surface area (Å²) < 4.78 is 11.9. The molecule has 0 fully saturated rings. The van der Waals surface area contributed by atoms with Crippen LogP contribution in [0.5, 0.6) is 0 Å². The molecule has 0 bridgehead atoms. The van der Waals surface area contributed by atoms with Crippen LogP contribution in [0, 0.1) is 13.8 Å². The minimum Gasteiger partial charge on any atom is -0.465 e. The zero-order valence-electron chi connectivity index (χ0n) is 15.6. The number of hydrogen-bond acceptors (Lipinski definition) is 5. The van der Waals surface area contributed by atoms with E-state index in [9.17, 15) is 14.4 Å². The van der Waals surface area contributed by atoms with Crippen LogP contribution in [-0.4, -0.2) is 47.6 Å². The van der Waals surface area contributed by atoms with Crippen LogP contribution < -0.4 is 0 Å². The molecule has 0 radical (unpaired) electrons. The third-order valence-corrected chi connectivity index (χ3v) is 3.94. The van der Waals surface area contributed by atoms with Gasteiger partial charge in [-0.3, -0.25) is 4.90 Å². The van der Waals surface area contributed by atoms with E-state index in [1.165, 1.54) is 19.1 Å². The molecule has 1 aromatic heterocycles. The number of amides is 1. The maximum Gasteiger partial charge on any atom is 0.410 e. The lowest BCUT2D eigenvalue weighted by molar-refractivity contribution is -0.112. The van der Waals surface area contributed by atoms with Crippen molar-refractivity contribution in [2.45, 2.75) is 46.3 Å². The molecule has 0 saturated heterocycles. The van der Waals surface area contributed by atoms with Crippen LogP contribution in [0.25, 0.3) is 0 Å². The van der Waals surface area contributed by atoms with Crippen LogP contribution in [0.4, 0.5) is 4.79 Å². The number of esters is 1. The molecule has 0 spiro atoms. The molecule has 7 nitrogen and oxygen atoms in total. The Hall–Kier alpha value is -2.31. The fourth-order valence-electron chi connectivity index (χ4n) is 2.50. The number of likely N-dealkylation sites (N-methyl/N-ethyl adjacent to an activating group) is 1. The SMILES string of the molecule is COC(=O)c1c(C(C=O)N(C)C(=O)OC(C)(C)C)c(C)n(C)c1C. The largest absolute Gasteiger partial charge is 0.465 e. The number of rotatable bonds is 4. The van der Waals surface area contributed by atoms with Gasteiger partial charge in [0.25, 0.3) is 0 Å². The summed E-state index contributed by atoms with van der Waals surface area (Å²) in [6.45, 7) is 8.78. The highest BCUT2D eigenvalue weighted by molar-refractivity contribution is 5.94. The molecular weight excluding hydrogens is 312 g/mol. The first-order chi connectivity index (χ1) is 11.0. The van der Waals surface area contributed by atoms with E-state index >= 15 is 0 Å². The quantitative estimate of drug-likeness (QED) is 0.623. The monoisotopic (exact) mass is 338 g/mol. The van der Waals surface area contributed by atoms with E-state index in [4.69, 9.17) is 9.47 Å². The van der Waals surface area contributed by atoms with Crippen molar-refractivity contribution in [2.75, 3.05) is 14.2 Å². The topological polar surface area (TPSA) is 77.8 Å². The Morgan fingerprint density at radius 2 is 1.75 bits per heavy atom. The van der Waals surface area contributed by atoms with E-state index in [1.54, 1.807) is 46.2 Å². The van der Waals surface area contributed by atoms with Gasteiger partial charge in [-0.2, -0.15) is 0 Å². The average molecular weight is 338 g/mol. The van der Waals surface area contributed by atoms with Crippen molar-refractivity contribution in [1.82, 2.24) is 9.47 Å². The van der Waals surface area contributed by atoms with Gasteiger partial charge < -0.3 is 18.8 Å². The fraction of sp³-hybridized carbons (Fsp3) is 0.588. The molecule has 1 amide bonds. The highest BCUT2D eigenvalue weighted by atomic mass is 16.6. The molecule has 1 heterocycles. The molecule has 0 aliphatic carbocycles. The van der Waals surface area contributed by atoms with E-state index < -0.39 is 23.7 Å². The van der Waals surface area contributed by atoms with Crippen LogP contribution >= 0.6 is 0 Å². The van der Waals surface area contributed by atoms with Crippen LogP contribution in [0.2, 0.25) is 0 Å². The molecule has 1 aromatic rings. The van der Waals surface area contributed by atoms with Gasteiger partial charge in [0.15, 0.2) is 0 Å². The van der Waals surface area contributed by atoms with E-state index in [2.05, 4.69) is 0 Å². The predicted octanol–water partition coefficient (Wildman–Crippen LogP) is 2.54. The van der Waals surface area contributed by atoms with Crippen molar-refractivity contribution < 1.29 is 23.9 Å². The standard InChI is InChI=1S/C17H26N2O5/c1-10-13(14(15(21)23-8)11(2)18(10)6)12(9-20)19(7)16(22)24-17(3,4)5/h9,12H,1-8H3. The smallest absolute Gasteiger partial charge is 0.410 e. The summed E-state index contributed by atoms with van der Waals surface area (Å²) in [6, 6.07) is -0.950. The third kappa shape index (κ3) is 3.77. The summed E-state index contributed by atoms with van der Waals surface area (Å²) in [4.78, 5) is 37.4. The number of hydrogen-bond donors (Lipinski definition) is 0. The summed E-state index contributed by atoms with van der Waals surface area (Å²) in [5, 5.41) is 0. The zero-order valence-corrected chi connectivity index (χ0v) is 15.6. The van der Waals surface area contributed by atoms with Crippen LogP contribution in [-0.2, 0) is 21.3 Å². The normalized spacial score (nSPS) is 12.5. The van der Waals surface area contributed by atoms with E-state index in [1.807, 2.05) is 0 Å². The first-order valence-corrected chi connectivity index (χ1v) is 7.61. The Balaban J connectivity index is 3.40. The van der Waals surface area contributed by atoms with Crippen LogP contribution in [0.15, 0.2) is 0 Å². The molecule has 0 aliphatic heterocycles. The summed E-state index contributed by atoms with van der Waals surface area (Å²) in [5.41, 5.74) is 1.43. The van der Waals surface area contributed by atoms with Gasteiger partial charge in [0, 0.05) is 31.0 Å². The lowest BCUT2D eigenvalue weighted by Gasteiger charge is -2.28. The van der Waals surface area contributed by atoms with Crippen molar-refractivity contribution >= 4 is 18.3 Å². The lowest BCUT2D eigenvalue weighted by Crippen LogP contribution is -2.37. The van der Waals surface area contributed by atoms with Crippen molar-refractivity contribution in [2.24, 2.45) is 7.05 Å². The lowest BCUT2D eigenvalue weighted by atomic mass is 10.0. The van der Waals surface area contributed by atoms with Gasteiger partial charge in [-0.15, -0.1) is 0 Å². The van der Waals surface area contributed by atoms with E-state index in [0.29, 0.717) is 28.8 Å². The number of nitrogens with zero attached hydrogens (tertiary/aromatic N) is 2. The molecule has 1 rings (SSSR count). The Kier molecular flexibility index (Phi) is 5.81. The Labute approximate surface area is 142 Å². The maximum absolute atomic E-state index is 12.3. The molecule has 0 aromatic carbocycles.